The van der Waals surface area contributed by atoms with Crippen LogP contribution in [0.15, 0.2) is 231 Å². The second kappa shape index (κ2) is 12.4. The van der Waals surface area contributed by atoms with Crippen molar-refractivity contribution in [1.82, 2.24) is 0 Å². The number of rotatable bonds is 2. The van der Waals surface area contributed by atoms with Gasteiger partial charge in [-0.3, -0.25) is 0 Å². The standard InChI is InChI=1S/C59H38N2Si/c1-2-19-40(20-3-1)60-50-28-12-8-24-46(50)59(47-25-9-13-29-51(47)60)48-26-10-14-30-52(48)61(53-31-15-11-27-49(53)59)41-35-36-45-57(38-41)62(56-37-34-39-18-4-5-21-42(39)58(45)56)54-32-16-6-22-43(54)44-23-7-17-33-55(44)62/h1-38H. The molecule has 4 heterocycles. The van der Waals surface area contributed by atoms with Crippen LogP contribution in [-0.4, -0.2) is 8.07 Å². The molecular weight excluding hydrogens is 765 g/mol. The molecule has 0 unspecified atom stereocenters. The molecule has 0 bridgehead atoms. The fourth-order valence-corrected chi connectivity index (χ4v) is 17.9. The number of para-hydroxylation sites is 5. The van der Waals surface area contributed by atoms with Crippen LogP contribution in [0.5, 0.6) is 0 Å². The largest absolute Gasteiger partial charge is 0.310 e. The molecule has 0 aromatic heterocycles. The molecule has 0 amide bonds. The molecule has 10 aromatic carbocycles. The third-order valence-corrected chi connectivity index (χ3v) is 19.4. The molecule has 3 heteroatoms. The Morgan fingerprint density at radius 3 is 1.35 bits per heavy atom. The highest BCUT2D eigenvalue weighted by atomic mass is 28.3. The van der Waals surface area contributed by atoms with Crippen LogP contribution < -0.4 is 30.5 Å². The van der Waals surface area contributed by atoms with Crippen LogP contribution in [0.2, 0.25) is 0 Å². The molecule has 0 fully saturated rings. The average molecular weight is 803 g/mol. The van der Waals surface area contributed by atoms with Gasteiger partial charge in [0.15, 0.2) is 8.07 Å². The summed E-state index contributed by atoms with van der Waals surface area (Å²) in [5.41, 5.74) is 17.2. The predicted octanol–water partition coefficient (Wildman–Crippen LogP) is 12.1. The Hall–Kier alpha value is -7.72. The third-order valence-electron chi connectivity index (χ3n) is 14.4. The Morgan fingerprint density at radius 2 is 0.774 bits per heavy atom. The van der Waals surface area contributed by atoms with Crippen molar-refractivity contribution in [3.05, 3.63) is 253 Å². The summed E-state index contributed by atoms with van der Waals surface area (Å²) in [5, 5.41) is 8.57. The van der Waals surface area contributed by atoms with Crippen molar-refractivity contribution in [1.29, 1.82) is 0 Å². The Bertz CT molecular complexity index is 3370. The first kappa shape index (κ1) is 34.0. The zero-order chi connectivity index (χ0) is 40.6. The van der Waals surface area contributed by atoms with Gasteiger partial charge in [-0.2, -0.15) is 0 Å². The van der Waals surface area contributed by atoms with E-state index in [1.165, 1.54) is 104 Å². The fourth-order valence-electron chi connectivity index (χ4n) is 12.2. The Balaban J connectivity index is 1.06. The third kappa shape index (κ3) is 4.09. The molecule has 0 saturated heterocycles. The van der Waals surface area contributed by atoms with Crippen molar-refractivity contribution in [3.8, 4) is 22.3 Å². The van der Waals surface area contributed by atoms with E-state index in [9.17, 15) is 0 Å². The predicted molar refractivity (Wildman–Crippen MR) is 260 cm³/mol. The van der Waals surface area contributed by atoms with Crippen LogP contribution in [-0.2, 0) is 5.41 Å². The number of anilines is 6. The summed E-state index contributed by atoms with van der Waals surface area (Å²) in [6, 6.07) is 87.2. The van der Waals surface area contributed by atoms with Gasteiger partial charge in [0.25, 0.3) is 0 Å². The number of benzene rings is 10. The molecule has 0 N–H and O–H groups in total. The van der Waals surface area contributed by atoms with E-state index in [0.717, 1.165) is 5.69 Å². The lowest BCUT2D eigenvalue weighted by Gasteiger charge is -2.51. The highest BCUT2D eigenvalue weighted by Gasteiger charge is 2.55. The summed E-state index contributed by atoms with van der Waals surface area (Å²) >= 11 is 0. The summed E-state index contributed by atoms with van der Waals surface area (Å²) in [6.45, 7) is 0. The maximum absolute atomic E-state index is 2.75. The minimum absolute atomic E-state index is 0.576. The molecule has 288 valence electrons. The lowest BCUT2D eigenvalue weighted by atomic mass is 9.60. The average Bonchev–Trinajstić information content (AvgIpc) is 3.81. The second-order valence-corrected chi connectivity index (χ2v) is 20.8. The number of hydrogen-bond donors (Lipinski definition) is 0. The van der Waals surface area contributed by atoms with Gasteiger partial charge < -0.3 is 9.80 Å². The summed E-state index contributed by atoms with van der Waals surface area (Å²) in [6.07, 6.45) is 0. The van der Waals surface area contributed by atoms with Gasteiger partial charge in [0.1, 0.15) is 0 Å². The molecule has 0 atom stereocenters. The lowest BCUT2D eigenvalue weighted by Crippen LogP contribution is -2.70. The van der Waals surface area contributed by atoms with Crippen molar-refractivity contribution in [3.63, 3.8) is 0 Å². The molecular formula is C59H38N2Si. The molecule has 0 saturated carbocycles. The summed E-state index contributed by atoms with van der Waals surface area (Å²) in [7, 11) is -2.75. The maximum Gasteiger partial charge on any atom is 0.182 e. The Labute approximate surface area is 362 Å². The van der Waals surface area contributed by atoms with Crippen molar-refractivity contribution >= 4 is 73.7 Å². The molecule has 2 spiro atoms. The van der Waals surface area contributed by atoms with Gasteiger partial charge in [0, 0.05) is 11.4 Å². The van der Waals surface area contributed by atoms with E-state index in [4.69, 9.17) is 0 Å². The molecule has 62 heavy (non-hydrogen) atoms. The summed E-state index contributed by atoms with van der Waals surface area (Å²) in [5.74, 6) is 0. The minimum atomic E-state index is -2.75. The quantitative estimate of drug-likeness (QED) is 0.161. The van der Waals surface area contributed by atoms with Gasteiger partial charge in [-0.05, 0) is 125 Å². The zero-order valence-electron chi connectivity index (χ0n) is 33.8. The van der Waals surface area contributed by atoms with Gasteiger partial charge >= 0.3 is 0 Å². The number of fused-ring (bicyclic) bond motifs is 20. The van der Waals surface area contributed by atoms with Crippen LogP contribution in [0.3, 0.4) is 0 Å². The fraction of sp³-hybridized carbons (Fsp3) is 0.0169. The first-order valence-corrected chi connectivity index (χ1v) is 23.7. The second-order valence-electron chi connectivity index (χ2n) is 17.1. The maximum atomic E-state index is 2.60. The topological polar surface area (TPSA) is 6.48 Å². The highest BCUT2D eigenvalue weighted by Crippen LogP contribution is 2.64. The summed E-state index contributed by atoms with van der Waals surface area (Å²) < 4.78 is 0. The van der Waals surface area contributed by atoms with Crippen LogP contribution >= 0.6 is 0 Å². The first-order chi connectivity index (χ1) is 30.8. The van der Waals surface area contributed by atoms with Crippen LogP contribution in [0, 0.1) is 0 Å². The van der Waals surface area contributed by atoms with E-state index >= 15 is 0 Å². The Morgan fingerprint density at radius 1 is 0.306 bits per heavy atom. The monoisotopic (exact) mass is 802 g/mol. The first-order valence-electron chi connectivity index (χ1n) is 21.7. The molecule has 14 rings (SSSR count). The van der Waals surface area contributed by atoms with Gasteiger partial charge in [-0.25, -0.2) is 0 Å². The van der Waals surface area contributed by atoms with Gasteiger partial charge in [-0.1, -0.05) is 182 Å². The zero-order valence-corrected chi connectivity index (χ0v) is 34.8. The van der Waals surface area contributed by atoms with Crippen molar-refractivity contribution in [2.45, 2.75) is 5.41 Å². The van der Waals surface area contributed by atoms with E-state index in [-0.39, 0.29) is 0 Å². The van der Waals surface area contributed by atoms with Crippen molar-refractivity contribution in [2.75, 3.05) is 9.80 Å². The molecule has 4 aliphatic rings. The molecule has 10 aromatic rings. The molecule has 0 aliphatic carbocycles. The summed E-state index contributed by atoms with van der Waals surface area (Å²) in [4.78, 5) is 5.03. The van der Waals surface area contributed by atoms with E-state index in [2.05, 4.69) is 240 Å². The highest BCUT2D eigenvalue weighted by molar-refractivity contribution is 7.24. The SMILES string of the molecule is c1ccc(N2c3ccccc3C3(c4ccccc42)c2ccccc2N(c2ccc4c(c2)[Si]2(c5ccccc5-c5ccccc52)c2ccc5ccccc5c2-4)c2ccccc23)cc1. The normalized spacial score (nSPS) is 15.0. The van der Waals surface area contributed by atoms with E-state index in [1.807, 2.05) is 0 Å². The van der Waals surface area contributed by atoms with Crippen molar-refractivity contribution in [2.24, 2.45) is 0 Å². The molecule has 2 nitrogen and oxygen atoms in total. The minimum Gasteiger partial charge on any atom is -0.310 e. The molecule has 0 radical (unpaired) electrons. The van der Waals surface area contributed by atoms with E-state index < -0.39 is 13.5 Å². The van der Waals surface area contributed by atoms with Gasteiger partial charge in [-0.15, -0.1) is 0 Å². The number of hydrogen-bond acceptors (Lipinski definition) is 2. The van der Waals surface area contributed by atoms with Gasteiger partial charge in [0.05, 0.1) is 28.2 Å². The van der Waals surface area contributed by atoms with Gasteiger partial charge in [0.2, 0.25) is 0 Å². The van der Waals surface area contributed by atoms with Crippen LogP contribution in [0.4, 0.5) is 34.1 Å². The lowest BCUT2D eigenvalue weighted by molar-refractivity contribution is 0.719. The smallest absolute Gasteiger partial charge is 0.182 e. The molecule has 4 aliphatic heterocycles. The number of nitrogens with zero attached hydrogens (tertiary/aromatic N) is 2. The van der Waals surface area contributed by atoms with Crippen LogP contribution in [0.25, 0.3) is 33.0 Å². The van der Waals surface area contributed by atoms with E-state index in [1.54, 1.807) is 0 Å². The van der Waals surface area contributed by atoms with Crippen molar-refractivity contribution < 1.29 is 0 Å². The Kier molecular flexibility index (Phi) is 6.82. The van der Waals surface area contributed by atoms with Crippen LogP contribution in [0.1, 0.15) is 22.3 Å². The van der Waals surface area contributed by atoms with E-state index in [0.29, 0.717) is 0 Å².